The van der Waals surface area contributed by atoms with Crippen molar-refractivity contribution in [2.75, 3.05) is 13.1 Å². The minimum absolute atomic E-state index is 0. The molecule has 1 fully saturated rings. The van der Waals surface area contributed by atoms with Crippen LogP contribution in [0.25, 0.3) is 0 Å². The summed E-state index contributed by atoms with van der Waals surface area (Å²) in [6.45, 7) is 5.55. The molecule has 1 aliphatic rings. The molecule has 0 amide bonds. The summed E-state index contributed by atoms with van der Waals surface area (Å²) in [6.07, 6.45) is 1.25. The zero-order chi connectivity index (χ0) is 10.7. The topological polar surface area (TPSA) is 29.3 Å². The summed E-state index contributed by atoms with van der Waals surface area (Å²) in [6, 6.07) is 11.0. The van der Waals surface area contributed by atoms with Crippen LogP contribution in [-0.4, -0.2) is 24.0 Å². The zero-order valence-corrected chi connectivity index (χ0v) is 11.8. The van der Waals surface area contributed by atoms with Gasteiger partial charge in [-0.1, -0.05) is 30.3 Å². The highest BCUT2D eigenvalue weighted by Crippen LogP contribution is 2.20. The second kappa shape index (κ2) is 7.93. The summed E-state index contributed by atoms with van der Waals surface area (Å²) in [5.74, 6) is 0.689. The fourth-order valence-corrected chi connectivity index (χ4v) is 2.28. The molecule has 2 N–H and O–H groups in total. The van der Waals surface area contributed by atoms with Crippen molar-refractivity contribution in [1.82, 2.24) is 4.90 Å². The first-order chi connectivity index (χ1) is 7.25. The lowest BCUT2D eigenvalue weighted by atomic mass is 10.0. The normalized spacial score (nSPS) is 21.4. The molecule has 4 heteroatoms. The van der Waals surface area contributed by atoms with Gasteiger partial charge in [0.25, 0.3) is 0 Å². The van der Waals surface area contributed by atoms with E-state index in [-0.39, 0.29) is 24.8 Å². The number of nitrogens with zero attached hydrogens (tertiary/aromatic N) is 1. The molecule has 98 valence electrons. The van der Waals surface area contributed by atoms with Gasteiger partial charge in [0.1, 0.15) is 0 Å². The molecule has 0 aromatic heterocycles. The molecular weight excluding hydrogens is 255 g/mol. The molecule has 2 rings (SSSR count). The Balaban J connectivity index is 0.00000128. The molecule has 17 heavy (non-hydrogen) atoms. The predicted octanol–water partition coefficient (Wildman–Crippen LogP) is 2.70. The Kier molecular flexibility index (Phi) is 7.80. The van der Waals surface area contributed by atoms with Gasteiger partial charge in [-0.05, 0) is 31.4 Å². The minimum atomic E-state index is 0. The largest absolute Gasteiger partial charge is 0.328 e. The van der Waals surface area contributed by atoms with Crippen LogP contribution >= 0.6 is 24.8 Å². The van der Waals surface area contributed by atoms with E-state index in [0.717, 1.165) is 13.1 Å². The van der Waals surface area contributed by atoms with Gasteiger partial charge >= 0.3 is 0 Å². The molecule has 0 radical (unpaired) electrons. The summed E-state index contributed by atoms with van der Waals surface area (Å²) in [4.78, 5) is 2.50. The molecule has 2 nitrogen and oxygen atoms in total. The van der Waals surface area contributed by atoms with Gasteiger partial charge in [0.15, 0.2) is 0 Å². The fourth-order valence-electron chi connectivity index (χ4n) is 2.28. The van der Waals surface area contributed by atoms with E-state index in [0.29, 0.717) is 12.0 Å². The number of halogens is 2. The van der Waals surface area contributed by atoms with Crippen molar-refractivity contribution in [3.63, 3.8) is 0 Å². The third-order valence-corrected chi connectivity index (χ3v) is 3.30. The SMILES string of the molecule is C[C@H](N)[C@H]1CCN(Cc2ccccc2)C1.Cl.Cl. The van der Waals surface area contributed by atoms with E-state index >= 15 is 0 Å². The Bertz CT molecular complexity index is 304. The van der Waals surface area contributed by atoms with E-state index in [2.05, 4.69) is 42.2 Å². The maximum Gasteiger partial charge on any atom is 0.0233 e. The summed E-state index contributed by atoms with van der Waals surface area (Å²) in [5.41, 5.74) is 7.33. The maximum atomic E-state index is 5.93. The van der Waals surface area contributed by atoms with E-state index in [1.54, 1.807) is 0 Å². The predicted molar refractivity (Wildman–Crippen MR) is 78.0 cm³/mol. The van der Waals surface area contributed by atoms with Gasteiger partial charge < -0.3 is 5.73 Å². The Morgan fingerprint density at radius 2 is 1.94 bits per heavy atom. The van der Waals surface area contributed by atoms with Crippen LogP contribution < -0.4 is 5.73 Å². The van der Waals surface area contributed by atoms with Gasteiger partial charge in [-0.15, -0.1) is 24.8 Å². The average Bonchev–Trinajstić information content (AvgIpc) is 2.68. The van der Waals surface area contributed by atoms with Crippen molar-refractivity contribution in [3.8, 4) is 0 Å². The minimum Gasteiger partial charge on any atom is -0.328 e. The quantitative estimate of drug-likeness (QED) is 0.920. The highest BCUT2D eigenvalue weighted by Gasteiger charge is 2.24. The highest BCUT2D eigenvalue weighted by molar-refractivity contribution is 5.85. The van der Waals surface area contributed by atoms with Crippen molar-refractivity contribution >= 4 is 24.8 Å². The summed E-state index contributed by atoms with van der Waals surface area (Å²) < 4.78 is 0. The second-order valence-corrected chi connectivity index (χ2v) is 4.63. The van der Waals surface area contributed by atoms with Crippen LogP contribution in [0.2, 0.25) is 0 Å². The number of likely N-dealkylation sites (tertiary alicyclic amines) is 1. The lowest BCUT2D eigenvalue weighted by molar-refractivity contribution is 0.308. The van der Waals surface area contributed by atoms with Crippen molar-refractivity contribution in [2.24, 2.45) is 11.7 Å². The van der Waals surface area contributed by atoms with Crippen LogP contribution in [0.15, 0.2) is 30.3 Å². The molecule has 1 saturated heterocycles. The van der Waals surface area contributed by atoms with Gasteiger partial charge in [0.05, 0.1) is 0 Å². The third-order valence-electron chi connectivity index (χ3n) is 3.30. The number of hydrogen-bond acceptors (Lipinski definition) is 2. The highest BCUT2D eigenvalue weighted by atomic mass is 35.5. The maximum absolute atomic E-state index is 5.93. The molecule has 0 unspecified atom stereocenters. The van der Waals surface area contributed by atoms with Crippen LogP contribution in [0.3, 0.4) is 0 Å². The Morgan fingerprint density at radius 1 is 1.29 bits per heavy atom. The van der Waals surface area contributed by atoms with Gasteiger partial charge in [-0.3, -0.25) is 4.90 Å². The fraction of sp³-hybridized carbons (Fsp3) is 0.538. The van der Waals surface area contributed by atoms with Gasteiger partial charge in [0.2, 0.25) is 0 Å². The standard InChI is InChI=1S/C13H20N2.2ClH/c1-11(14)13-7-8-15(10-13)9-12-5-3-2-4-6-12;;/h2-6,11,13H,7-10,14H2,1H3;2*1H/t11-,13-;;/m0../s1. The van der Waals surface area contributed by atoms with Crippen molar-refractivity contribution in [3.05, 3.63) is 35.9 Å². The van der Waals surface area contributed by atoms with E-state index in [1.807, 2.05) is 0 Å². The van der Waals surface area contributed by atoms with Gasteiger partial charge in [0, 0.05) is 19.1 Å². The van der Waals surface area contributed by atoms with Crippen LogP contribution in [-0.2, 0) is 6.54 Å². The molecule has 0 aliphatic carbocycles. The third kappa shape index (κ3) is 4.84. The number of rotatable bonds is 3. The van der Waals surface area contributed by atoms with E-state index in [4.69, 9.17) is 5.73 Å². The lowest BCUT2D eigenvalue weighted by Gasteiger charge is -2.17. The molecule has 1 aromatic carbocycles. The smallest absolute Gasteiger partial charge is 0.0233 e. The first-order valence-electron chi connectivity index (χ1n) is 5.77. The van der Waals surface area contributed by atoms with E-state index in [1.165, 1.54) is 18.5 Å². The van der Waals surface area contributed by atoms with Crippen molar-refractivity contribution in [2.45, 2.75) is 25.9 Å². The first kappa shape index (κ1) is 16.7. The van der Waals surface area contributed by atoms with Crippen LogP contribution in [0.5, 0.6) is 0 Å². The molecule has 0 bridgehead atoms. The van der Waals surface area contributed by atoms with Crippen molar-refractivity contribution in [1.29, 1.82) is 0 Å². The van der Waals surface area contributed by atoms with E-state index in [9.17, 15) is 0 Å². The molecule has 2 atom stereocenters. The Morgan fingerprint density at radius 3 is 2.47 bits per heavy atom. The van der Waals surface area contributed by atoms with Crippen molar-refractivity contribution < 1.29 is 0 Å². The van der Waals surface area contributed by atoms with Crippen LogP contribution in [0, 0.1) is 5.92 Å². The lowest BCUT2D eigenvalue weighted by Crippen LogP contribution is -2.29. The average molecular weight is 277 g/mol. The summed E-state index contributed by atoms with van der Waals surface area (Å²) in [7, 11) is 0. The van der Waals surface area contributed by atoms with Gasteiger partial charge in [-0.2, -0.15) is 0 Å². The van der Waals surface area contributed by atoms with Crippen LogP contribution in [0.4, 0.5) is 0 Å². The number of benzene rings is 1. The molecule has 0 spiro atoms. The van der Waals surface area contributed by atoms with E-state index < -0.39 is 0 Å². The molecule has 0 saturated carbocycles. The summed E-state index contributed by atoms with van der Waals surface area (Å²) >= 11 is 0. The number of hydrogen-bond donors (Lipinski definition) is 1. The summed E-state index contributed by atoms with van der Waals surface area (Å²) in [5, 5.41) is 0. The molecule has 1 aromatic rings. The Hall–Kier alpha value is -0.280. The monoisotopic (exact) mass is 276 g/mol. The van der Waals surface area contributed by atoms with Gasteiger partial charge in [-0.25, -0.2) is 0 Å². The first-order valence-corrected chi connectivity index (χ1v) is 5.77. The molecule has 1 aliphatic heterocycles. The van der Waals surface area contributed by atoms with Crippen LogP contribution in [0.1, 0.15) is 18.9 Å². The zero-order valence-electron chi connectivity index (χ0n) is 10.2. The Labute approximate surface area is 116 Å². The number of nitrogens with two attached hydrogens (primary N) is 1. The molecule has 1 heterocycles. The second-order valence-electron chi connectivity index (χ2n) is 4.63. The molecular formula is C13H22Cl2N2.